The SMILES string of the molecule is COc1cc(OC)cc(C(=O)NC(C(=O)NCCOc2ccc(Cl)cc2)C(C)C)c1. The van der Waals surface area contributed by atoms with E-state index in [0.717, 1.165) is 0 Å². The van der Waals surface area contributed by atoms with Crippen LogP contribution in [0.15, 0.2) is 42.5 Å². The first kappa shape index (κ1) is 23.3. The van der Waals surface area contributed by atoms with Crippen LogP contribution in [0.25, 0.3) is 0 Å². The number of rotatable bonds is 10. The number of amides is 2. The zero-order valence-electron chi connectivity index (χ0n) is 17.5. The fraction of sp³-hybridized carbons (Fsp3) is 0.364. The van der Waals surface area contributed by atoms with E-state index >= 15 is 0 Å². The monoisotopic (exact) mass is 434 g/mol. The number of halogens is 1. The average Bonchev–Trinajstić information content (AvgIpc) is 2.75. The lowest BCUT2D eigenvalue weighted by atomic mass is 10.0. The van der Waals surface area contributed by atoms with Crippen molar-refractivity contribution in [1.82, 2.24) is 10.6 Å². The van der Waals surface area contributed by atoms with Gasteiger partial charge in [-0.25, -0.2) is 0 Å². The first-order valence-corrected chi connectivity index (χ1v) is 9.92. The van der Waals surface area contributed by atoms with Gasteiger partial charge >= 0.3 is 0 Å². The molecule has 2 rings (SSSR count). The fourth-order valence-electron chi connectivity index (χ4n) is 2.68. The third-order valence-corrected chi connectivity index (χ3v) is 4.59. The minimum absolute atomic E-state index is 0.112. The van der Waals surface area contributed by atoms with Crippen LogP contribution in [-0.4, -0.2) is 45.2 Å². The maximum atomic E-state index is 12.7. The van der Waals surface area contributed by atoms with E-state index in [4.69, 9.17) is 25.8 Å². The zero-order chi connectivity index (χ0) is 22.1. The first-order valence-electron chi connectivity index (χ1n) is 9.54. The molecule has 162 valence electrons. The second-order valence-electron chi connectivity index (χ2n) is 6.89. The Kier molecular flexibility index (Phi) is 8.80. The van der Waals surface area contributed by atoms with E-state index in [1.54, 1.807) is 42.5 Å². The summed E-state index contributed by atoms with van der Waals surface area (Å²) in [6.07, 6.45) is 0. The standard InChI is InChI=1S/C22H27ClN2O5/c1-14(2)20(22(27)24-9-10-30-17-7-5-16(23)6-8-17)25-21(26)15-11-18(28-3)13-19(12-15)29-4/h5-8,11-14,20H,9-10H2,1-4H3,(H,24,27)(H,25,26). The van der Waals surface area contributed by atoms with Gasteiger partial charge in [-0.15, -0.1) is 0 Å². The second-order valence-corrected chi connectivity index (χ2v) is 7.33. The summed E-state index contributed by atoms with van der Waals surface area (Å²) in [6.45, 7) is 4.31. The first-order chi connectivity index (χ1) is 14.3. The van der Waals surface area contributed by atoms with E-state index in [1.807, 2.05) is 13.8 Å². The normalized spacial score (nSPS) is 11.5. The highest BCUT2D eigenvalue weighted by Crippen LogP contribution is 2.22. The van der Waals surface area contributed by atoms with Gasteiger partial charge in [0.1, 0.15) is 29.9 Å². The number of ether oxygens (including phenoxy) is 3. The molecule has 0 spiro atoms. The molecular weight excluding hydrogens is 408 g/mol. The molecule has 2 aromatic carbocycles. The lowest BCUT2D eigenvalue weighted by Crippen LogP contribution is -2.50. The van der Waals surface area contributed by atoms with E-state index in [-0.39, 0.29) is 11.8 Å². The molecule has 0 aliphatic carbocycles. The molecule has 2 aromatic rings. The van der Waals surface area contributed by atoms with Crippen LogP contribution >= 0.6 is 11.6 Å². The highest BCUT2D eigenvalue weighted by atomic mass is 35.5. The van der Waals surface area contributed by atoms with E-state index < -0.39 is 11.9 Å². The predicted molar refractivity (Wildman–Crippen MR) is 116 cm³/mol. The van der Waals surface area contributed by atoms with Crippen molar-refractivity contribution in [1.29, 1.82) is 0 Å². The average molecular weight is 435 g/mol. The summed E-state index contributed by atoms with van der Waals surface area (Å²) in [7, 11) is 3.01. The maximum Gasteiger partial charge on any atom is 0.252 e. The number of benzene rings is 2. The van der Waals surface area contributed by atoms with Gasteiger partial charge in [-0.05, 0) is 42.3 Å². The van der Waals surface area contributed by atoms with Crippen molar-refractivity contribution >= 4 is 23.4 Å². The van der Waals surface area contributed by atoms with Gasteiger partial charge in [0.25, 0.3) is 5.91 Å². The van der Waals surface area contributed by atoms with Gasteiger partial charge < -0.3 is 24.8 Å². The number of hydrogen-bond acceptors (Lipinski definition) is 5. The molecule has 2 N–H and O–H groups in total. The Morgan fingerprint density at radius 3 is 2.10 bits per heavy atom. The summed E-state index contributed by atoms with van der Waals surface area (Å²) < 4.78 is 16.0. The molecule has 8 heteroatoms. The van der Waals surface area contributed by atoms with Crippen molar-refractivity contribution in [3.05, 3.63) is 53.1 Å². The smallest absolute Gasteiger partial charge is 0.252 e. The number of methoxy groups -OCH3 is 2. The Hall–Kier alpha value is -2.93. The summed E-state index contributed by atoms with van der Waals surface area (Å²) in [5.41, 5.74) is 0.343. The van der Waals surface area contributed by atoms with Crippen molar-refractivity contribution in [3.63, 3.8) is 0 Å². The van der Waals surface area contributed by atoms with Crippen LogP contribution in [0.1, 0.15) is 24.2 Å². The molecule has 0 bridgehead atoms. The highest BCUT2D eigenvalue weighted by molar-refractivity contribution is 6.30. The van der Waals surface area contributed by atoms with E-state index in [9.17, 15) is 9.59 Å². The van der Waals surface area contributed by atoms with Gasteiger partial charge in [0.15, 0.2) is 0 Å². The molecule has 0 heterocycles. The van der Waals surface area contributed by atoms with Gasteiger partial charge in [-0.3, -0.25) is 9.59 Å². The van der Waals surface area contributed by atoms with Gasteiger partial charge in [-0.2, -0.15) is 0 Å². The quantitative estimate of drug-likeness (QED) is 0.560. The van der Waals surface area contributed by atoms with Gasteiger partial charge in [0, 0.05) is 16.7 Å². The minimum Gasteiger partial charge on any atom is -0.497 e. The number of nitrogens with one attached hydrogen (secondary N) is 2. The Bertz CT molecular complexity index is 833. The lowest BCUT2D eigenvalue weighted by Gasteiger charge is -2.22. The third-order valence-electron chi connectivity index (χ3n) is 4.33. The molecule has 0 saturated heterocycles. The number of carbonyl (C=O) groups is 2. The highest BCUT2D eigenvalue weighted by Gasteiger charge is 2.25. The van der Waals surface area contributed by atoms with Crippen LogP contribution in [0, 0.1) is 5.92 Å². The summed E-state index contributed by atoms with van der Waals surface area (Å²) >= 11 is 5.84. The summed E-state index contributed by atoms with van der Waals surface area (Å²) in [4.78, 5) is 25.3. The van der Waals surface area contributed by atoms with Gasteiger partial charge in [0.05, 0.1) is 20.8 Å². The molecule has 1 atom stereocenters. The molecule has 0 fully saturated rings. The Morgan fingerprint density at radius 1 is 0.967 bits per heavy atom. The van der Waals surface area contributed by atoms with Gasteiger partial charge in [-0.1, -0.05) is 25.4 Å². The largest absolute Gasteiger partial charge is 0.497 e. The number of carbonyl (C=O) groups excluding carboxylic acids is 2. The summed E-state index contributed by atoms with van der Waals surface area (Å²) in [5.74, 6) is 0.855. The molecule has 0 aliphatic rings. The minimum atomic E-state index is -0.703. The molecule has 0 aliphatic heterocycles. The van der Waals surface area contributed by atoms with Crippen LogP contribution in [0.2, 0.25) is 5.02 Å². The molecule has 30 heavy (non-hydrogen) atoms. The van der Waals surface area contributed by atoms with E-state index in [1.165, 1.54) is 14.2 Å². The van der Waals surface area contributed by atoms with E-state index in [0.29, 0.717) is 41.0 Å². The molecule has 0 radical (unpaired) electrons. The van der Waals surface area contributed by atoms with Crippen molar-refractivity contribution in [3.8, 4) is 17.2 Å². The number of hydrogen-bond donors (Lipinski definition) is 2. The summed E-state index contributed by atoms with van der Waals surface area (Å²) in [5, 5.41) is 6.20. The van der Waals surface area contributed by atoms with Crippen LogP contribution < -0.4 is 24.8 Å². The third kappa shape index (κ3) is 6.84. The Balaban J connectivity index is 1.93. The van der Waals surface area contributed by atoms with Crippen molar-refractivity contribution < 1.29 is 23.8 Å². The lowest BCUT2D eigenvalue weighted by molar-refractivity contribution is -0.124. The van der Waals surface area contributed by atoms with E-state index in [2.05, 4.69) is 10.6 Å². The van der Waals surface area contributed by atoms with Crippen molar-refractivity contribution in [2.24, 2.45) is 5.92 Å². The Labute approximate surface area is 181 Å². The van der Waals surface area contributed by atoms with Crippen molar-refractivity contribution in [2.45, 2.75) is 19.9 Å². The van der Waals surface area contributed by atoms with Crippen LogP contribution in [-0.2, 0) is 4.79 Å². The molecule has 0 saturated carbocycles. The fourth-order valence-corrected chi connectivity index (χ4v) is 2.81. The second kappa shape index (κ2) is 11.3. The molecule has 0 aromatic heterocycles. The molecule has 7 nitrogen and oxygen atoms in total. The van der Waals surface area contributed by atoms with Crippen LogP contribution in [0.5, 0.6) is 17.2 Å². The Morgan fingerprint density at radius 2 is 1.57 bits per heavy atom. The van der Waals surface area contributed by atoms with Crippen LogP contribution in [0.4, 0.5) is 0 Å². The zero-order valence-corrected chi connectivity index (χ0v) is 18.3. The molecular formula is C22H27ClN2O5. The summed E-state index contributed by atoms with van der Waals surface area (Å²) in [6, 6.07) is 11.1. The van der Waals surface area contributed by atoms with Crippen LogP contribution in [0.3, 0.4) is 0 Å². The van der Waals surface area contributed by atoms with Gasteiger partial charge in [0.2, 0.25) is 5.91 Å². The van der Waals surface area contributed by atoms with Crippen molar-refractivity contribution in [2.75, 3.05) is 27.4 Å². The molecule has 2 amide bonds. The maximum absolute atomic E-state index is 12.7. The molecule has 1 unspecified atom stereocenters. The topological polar surface area (TPSA) is 85.9 Å². The predicted octanol–water partition coefficient (Wildman–Crippen LogP) is 3.31.